The molecule has 1 aliphatic rings. The Hall–Kier alpha value is -1.81. The fourth-order valence-electron chi connectivity index (χ4n) is 3.11. The zero-order chi connectivity index (χ0) is 14.8. The topological polar surface area (TPSA) is 30.3 Å². The van der Waals surface area contributed by atoms with Gasteiger partial charge in [-0.15, -0.1) is 0 Å². The van der Waals surface area contributed by atoms with Crippen LogP contribution in [0, 0.1) is 0 Å². The Balaban J connectivity index is 1.94. The summed E-state index contributed by atoms with van der Waals surface area (Å²) >= 11 is 0. The largest absolute Gasteiger partial charge is 0.376 e. The maximum atomic E-state index is 5.86. The van der Waals surface area contributed by atoms with Crippen molar-refractivity contribution in [3.63, 3.8) is 0 Å². The number of benzene rings is 1. The molecule has 0 saturated carbocycles. The van der Waals surface area contributed by atoms with E-state index in [2.05, 4.69) is 48.2 Å². The monoisotopic (exact) mass is 285 g/mol. The highest BCUT2D eigenvalue weighted by Gasteiger charge is 2.24. The van der Waals surface area contributed by atoms with E-state index in [-0.39, 0.29) is 0 Å². The van der Waals surface area contributed by atoms with Gasteiger partial charge in [-0.3, -0.25) is 4.68 Å². The Morgan fingerprint density at radius 3 is 2.81 bits per heavy atom. The summed E-state index contributed by atoms with van der Waals surface area (Å²) in [5.74, 6) is 0. The molecule has 1 aromatic carbocycles. The molecule has 1 aliphatic heterocycles. The van der Waals surface area contributed by atoms with Crippen molar-refractivity contribution in [1.29, 1.82) is 0 Å². The summed E-state index contributed by atoms with van der Waals surface area (Å²) in [7, 11) is 1.95. The second-order valence-electron chi connectivity index (χ2n) is 5.57. The van der Waals surface area contributed by atoms with Gasteiger partial charge in [0.15, 0.2) is 0 Å². The highest BCUT2D eigenvalue weighted by Crippen LogP contribution is 2.32. The van der Waals surface area contributed by atoms with Gasteiger partial charge in [0.05, 0.1) is 12.3 Å². The van der Waals surface area contributed by atoms with Crippen LogP contribution in [0.4, 0.5) is 5.69 Å². The van der Waals surface area contributed by atoms with Crippen molar-refractivity contribution in [3.05, 3.63) is 36.2 Å². The number of aromatic nitrogens is 2. The molecule has 4 nitrogen and oxygen atoms in total. The zero-order valence-corrected chi connectivity index (χ0v) is 13.0. The molecule has 0 bridgehead atoms. The quantitative estimate of drug-likeness (QED) is 0.865. The summed E-state index contributed by atoms with van der Waals surface area (Å²) < 4.78 is 7.71. The van der Waals surface area contributed by atoms with Crippen LogP contribution in [-0.2, 0) is 18.2 Å². The average molecular weight is 285 g/mol. The maximum Gasteiger partial charge on any atom is 0.0790 e. The van der Waals surface area contributed by atoms with Crippen LogP contribution in [0.1, 0.15) is 19.4 Å². The lowest BCUT2D eigenvalue weighted by Crippen LogP contribution is -2.39. The van der Waals surface area contributed by atoms with E-state index in [0.717, 1.165) is 26.1 Å². The number of hydrogen-bond acceptors (Lipinski definition) is 3. The van der Waals surface area contributed by atoms with Gasteiger partial charge in [-0.05, 0) is 37.1 Å². The van der Waals surface area contributed by atoms with E-state index in [1.165, 1.54) is 22.4 Å². The molecule has 2 aromatic rings. The van der Waals surface area contributed by atoms with Gasteiger partial charge in [0.1, 0.15) is 0 Å². The van der Waals surface area contributed by atoms with Crippen LogP contribution in [0.15, 0.2) is 30.6 Å². The van der Waals surface area contributed by atoms with Crippen molar-refractivity contribution < 1.29 is 4.74 Å². The molecule has 0 fully saturated rings. The lowest BCUT2D eigenvalue weighted by Gasteiger charge is -2.35. The molecule has 0 spiro atoms. The van der Waals surface area contributed by atoms with Crippen molar-refractivity contribution in [3.8, 4) is 11.1 Å². The normalized spacial score (nSPS) is 17.9. The minimum atomic E-state index is 0.298. The van der Waals surface area contributed by atoms with Gasteiger partial charge in [-0.2, -0.15) is 5.10 Å². The van der Waals surface area contributed by atoms with Crippen LogP contribution in [-0.4, -0.2) is 35.6 Å². The number of nitrogens with zero attached hydrogens (tertiary/aromatic N) is 3. The molecule has 0 amide bonds. The van der Waals surface area contributed by atoms with Gasteiger partial charge in [0.25, 0.3) is 0 Å². The summed E-state index contributed by atoms with van der Waals surface area (Å²) in [5.41, 5.74) is 5.13. The van der Waals surface area contributed by atoms with Crippen molar-refractivity contribution in [1.82, 2.24) is 9.78 Å². The average Bonchev–Trinajstić information content (AvgIpc) is 2.92. The van der Waals surface area contributed by atoms with Gasteiger partial charge in [0.2, 0.25) is 0 Å². The Kier molecular flexibility index (Phi) is 3.97. The van der Waals surface area contributed by atoms with Crippen LogP contribution in [0.3, 0.4) is 0 Å². The van der Waals surface area contributed by atoms with Gasteiger partial charge in [0, 0.05) is 50.6 Å². The number of likely N-dealkylation sites (N-methyl/N-ethyl adjacent to an activating group) is 1. The van der Waals surface area contributed by atoms with Crippen LogP contribution >= 0.6 is 0 Å². The summed E-state index contributed by atoms with van der Waals surface area (Å²) in [4.78, 5) is 2.41. The van der Waals surface area contributed by atoms with E-state index >= 15 is 0 Å². The predicted molar refractivity (Wildman–Crippen MR) is 85.6 cm³/mol. The van der Waals surface area contributed by atoms with E-state index in [9.17, 15) is 0 Å². The van der Waals surface area contributed by atoms with Crippen molar-refractivity contribution in [2.24, 2.45) is 7.05 Å². The lowest BCUT2D eigenvalue weighted by molar-refractivity contribution is 0.0652. The lowest BCUT2D eigenvalue weighted by atomic mass is 9.96. The SMILES string of the molecule is CCOC1Cc2cc(-c3cnn(C)c3)ccc2N(CC)C1. The van der Waals surface area contributed by atoms with Crippen LogP contribution in [0.2, 0.25) is 0 Å². The van der Waals surface area contributed by atoms with E-state index < -0.39 is 0 Å². The van der Waals surface area contributed by atoms with Crippen LogP contribution in [0.25, 0.3) is 11.1 Å². The number of fused-ring (bicyclic) bond motifs is 1. The highest BCUT2D eigenvalue weighted by atomic mass is 16.5. The zero-order valence-electron chi connectivity index (χ0n) is 13.0. The molecule has 0 radical (unpaired) electrons. The first kappa shape index (κ1) is 14.1. The summed E-state index contributed by atoms with van der Waals surface area (Å²) in [6.07, 6.45) is 5.27. The molecule has 0 aliphatic carbocycles. The van der Waals surface area contributed by atoms with Crippen molar-refractivity contribution >= 4 is 5.69 Å². The second-order valence-corrected chi connectivity index (χ2v) is 5.57. The van der Waals surface area contributed by atoms with Crippen molar-refractivity contribution in [2.75, 3.05) is 24.6 Å². The molecule has 21 heavy (non-hydrogen) atoms. The highest BCUT2D eigenvalue weighted by molar-refractivity contribution is 5.69. The molecule has 1 atom stereocenters. The maximum absolute atomic E-state index is 5.86. The number of hydrogen-bond donors (Lipinski definition) is 0. The summed E-state index contributed by atoms with van der Waals surface area (Å²) in [6.45, 7) is 7.05. The van der Waals surface area contributed by atoms with Gasteiger partial charge in [-0.25, -0.2) is 0 Å². The molecule has 2 heterocycles. The first-order chi connectivity index (χ1) is 10.2. The number of aryl methyl sites for hydroxylation is 1. The molecule has 3 rings (SSSR count). The van der Waals surface area contributed by atoms with E-state index in [1.54, 1.807) is 0 Å². The van der Waals surface area contributed by atoms with E-state index in [1.807, 2.05) is 17.9 Å². The Morgan fingerprint density at radius 1 is 1.29 bits per heavy atom. The van der Waals surface area contributed by atoms with E-state index in [4.69, 9.17) is 4.74 Å². The third-order valence-electron chi connectivity index (χ3n) is 4.11. The molecule has 0 N–H and O–H groups in total. The molecule has 1 unspecified atom stereocenters. The minimum absolute atomic E-state index is 0.298. The Morgan fingerprint density at radius 2 is 2.14 bits per heavy atom. The van der Waals surface area contributed by atoms with Gasteiger partial charge >= 0.3 is 0 Å². The minimum Gasteiger partial charge on any atom is -0.376 e. The third-order valence-corrected chi connectivity index (χ3v) is 4.11. The molecular weight excluding hydrogens is 262 g/mol. The van der Waals surface area contributed by atoms with Crippen LogP contribution in [0.5, 0.6) is 0 Å². The van der Waals surface area contributed by atoms with Gasteiger partial charge < -0.3 is 9.64 Å². The molecule has 0 saturated heterocycles. The number of rotatable bonds is 4. The summed E-state index contributed by atoms with van der Waals surface area (Å²) in [6, 6.07) is 6.73. The first-order valence-electron chi connectivity index (χ1n) is 7.69. The molecule has 4 heteroatoms. The van der Waals surface area contributed by atoms with Gasteiger partial charge in [-0.1, -0.05) is 6.07 Å². The number of anilines is 1. The second kappa shape index (κ2) is 5.90. The number of ether oxygens (including phenoxy) is 1. The van der Waals surface area contributed by atoms with Crippen molar-refractivity contribution in [2.45, 2.75) is 26.4 Å². The molecule has 112 valence electrons. The first-order valence-corrected chi connectivity index (χ1v) is 7.69. The molecule has 1 aromatic heterocycles. The Bertz CT molecular complexity index is 620. The smallest absolute Gasteiger partial charge is 0.0790 e. The molecular formula is C17H23N3O. The van der Waals surface area contributed by atoms with E-state index in [0.29, 0.717) is 6.10 Å². The fourth-order valence-corrected chi connectivity index (χ4v) is 3.11. The predicted octanol–water partition coefficient (Wildman–Crippen LogP) is 2.87. The standard InChI is InChI=1S/C17H23N3O/c1-4-20-12-16(21-5-2)9-14-8-13(6-7-17(14)20)15-10-18-19(3)11-15/h6-8,10-11,16H,4-5,9,12H2,1-3H3. The third kappa shape index (κ3) is 2.81. The fraction of sp³-hybridized carbons (Fsp3) is 0.471. The summed E-state index contributed by atoms with van der Waals surface area (Å²) in [5, 5.41) is 4.26. The van der Waals surface area contributed by atoms with Crippen LogP contribution < -0.4 is 4.90 Å². The Labute approximate surface area is 126 Å².